The average Bonchev–Trinajstić information content (AvgIpc) is 2.85. The van der Waals surface area contributed by atoms with Crippen molar-refractivity contribution in [3.63, 3.8) is 0 Å². The summed E-state index contributed by atoms with van der Waals surface area (Å²) in [7, 11) is 0. The Kier molecular flexibility index (Phi) is 4.25. The van der Waals surface area contributed by atoms with Gasteiger partial charge in [-0.25, -0.2) is 0 Å². The Morgan fingerprint density at radius 2 is 2.50 bits per heavy atom. The Morgan fingerprint density at radius 1 is 1.56 bits per heavy atom. The summed E-state index contributed by atoms with van der Waals surface area (Å²) in [4.78, 5) is 8.50. The molecular weight excluding hydrogens is 202 g/mol. The third-order valence-corrected chi connectivity index (χ3v) is 2.85. The Balaban J connectivity index is 2.07. The molecule has 88 valence electrons. The normalized spacial score (nSPS) is 22.2. The van der Waals surface area contributed by atoms with Crippen LogP contribution >= 0.6 is 0 Å². The molecule has 0 bridgehead atoms. The van der Waals surface area contributed by atoms with Crippen LogP contribution in [0.1, 0.15) is 37.9 Å². The number of hydrogen-bond donors (Lipinski definition) is 1. The molecule has 1 fully saturated rings. The number of rotatable bonds is 5. The van der Waals surface area contributed by atoms with Gasteiger partial charge in [-0.05, 0) is 25.8 Å². The molecule has 0 saturated carbocycles. The lowest BCUT2D eigenvalue weighted by atomic mass is 10.0. The molecule has 1 saturated heterocycles. The van der Waals surface area contributed by atoms with E-state index >= 15 is 0 Å². The van der Waals surface area contributed by atoms with Gasteiger partial charge in [0.25, 0.3) is 0 Å². The Labute approximate surface area is 96.4 Å². The molecule has 2 rings (SSSR count). The Morgan fingerprint density at radius 3 is 3.12 bits per heavy atom. The molecule has 2 heterocycles. The summed E-state index contributed by atoms with van der Waals surface area (Å²) >= 11 is 0. The molecule has 4 heteroatoms. The summed E-state index contributed by atoms with van der Waals surface area (Å²) in [5, 5.41) is 3.50. The summed E-state index contributed by atoms with van der Waals surface area (Å²) < 4.78 is 5.74. The Hall–Kier alpha value is -1.00. The highest BCUT2D eigenvalue weighted by Gasteiger charge is 2.27. The van der Waals surface area contributed by atoms with Crippen LogP contribution in [-0.2, 0) is 4.74 Å². The molecule has 1 aliphatic rings. The third-order valence-electron chi connectivity index (χ3n) is 2.85. The number of nitrogens with one attached hydrogen (secondary N) is 1. The zero-order valence-electron chi connectivity index (χ0n) is 9.72. The average molecular weight is 221 g/mol. The molecule has 0 radical (unpaired) electrons. The maximum absolute atomic E-state index is 5.74. The highest BCUT2D eigenvalue weighted by molar-refractivity contribution is 5.05. The van der Waals surface area contributed by atoms with Gasteiger partial charge >= 0.3 is 0 Å². The fraction of sp³-hybridized carbons (Fsp3) is 0.667. The maximum Gasteiger partial charge on any atom is 0.0786 e. The molecule has 4 nitrogen and oxygen atoms in total. The van der Waals surface area contributed by atoms with Gasteiger partial charge in [0, 0.05) is 19.0 Å². The largest absolute Gasteiger partial charge is 0.376 e. The summed E-state index contributed by atoms with van der Waals surface area (Å²) in [5.41, 5.74) is 0.989. The van der Waals surface area contributed by atoms with Gasteiger partial charge in [-0.1, -0.05) is 6.92 Å². The van der Waals surface area contributed by atoms with E-state index in [1.54, 1.807) is 12.4 Å². The second-order valence-electron chi connectivity index (χ2n) is 4.11. The first kappa shape index (κ1) is 11.5. The quantitative estimate of drug-likeness (QED) is 0.822. The highest BCUT2D eigenvalue weighted by atomic mass is 16.5. The summed E-state index contributed by atoms with van der Waals surface area (Å²) in [6, 6.07) is 0.191. The zero-order chi connectivity index (χ0) is 11.2. The van der Waals surface area contributed by atoms with Crippen LogP contribution in [-0.4, -0.2) is 29.2 Å². The van der Waals surface area contributed by atoms with Crippen molar-refractivity contribution in [3.8, 4) is 0 Å². The van der Waals surface area contributed by atoms with E-state index in [9.17, 15) is 0 Å². The number of hydrogen-bond acceptors (Lipinski definition) is 4. The summed E-state index contributed by atoms with van der Waals surface area (Å²) in [6.07, 6.45) is 8.90. The number of aromatic nitrogens is 2. The molecule has 1 aliphatic heterocycles. The van der Waals surface area contributed by atoms with Crippen molar-refractivity contribution in [1.82, 2.24) is 15.3 Å². The van der Waals surface area contributed by atoms with Crippen LogP contribution in [0, 0.1) is 0 Å². The van der Waals surface area contributed by atoms with E-state index < -0.39 is 0 Å². The summed E-state index contributed by atoms with van der Waals surface area (Å²) in [5.74, 6) is 0. The fourth-order valence-electron chi connectivity index (χ4n) is 2.06. The van der Waals surface area contributed by atoms with Crippen LogP contribution in [0.4, 0.5) is 0 Å². The first-order valence-corrected chi connectivity index (χ1v) is 6.02. The van der Waals surface area contributed by atoms with Gasteiger partial charge in [0.15, 0.2) is 0 Å². The second-order valence-corrected chi connectivity index (χ2v) is 4.11. The number of ether oxygens (including phenoxy) is 1. The van der Waals surface area contributed by atoms with E-state index in [1.165, 1.54) is 0 Å². The van der Waals surface area contributed by atoms with Gasteiger partial charge in [0.2, 0.25) is 0 Å². The Bertz CT molecular complexity index is 298. The van der Waals surface area contributed by atoms with Crippen molar-refractivity contribution in [2.75, 3.05) is 13.2 Å². The highest BCUT2D eigenvalue weighted by Crippen LogP contribution is 2.25. The van der Waals surface area contributed by atoms with E-state index in [-0.39, 0.29) is 12.1 Å². The molecule has 1 aromatic rings. The van der Waals surface area contributed by atoms with Crippen molar-refractivity contribution in [2.45, 2.75) is 38.3 Å². The molecule has 1 aromatic heterocycles. The molecular formula is C12H19N3O. The van der Waals surface area contributed by atoms with Gasteiger partial charge in [-0.15, -0.1) is 0 Å². The molecule has 2 atom stereocenters. The second kappa shape index (κ2) is 5.92. The molecule has 0 spiro atoms. The van der Waals surface area contributed by atoms with Crippen molar-refractivity contribution >= 4 is 0 Å². The topological polar surface area (TPSA) is 47.0 Å². The first-order valence-electron chi connectivity index (χ1n) is 6.02. The maximum atomic E-state index is 5.74. The first-order chi connectivity index (χ1) is 7.92. The lowest BCUT2D eigenvalue weighted by molar-refractivity contribution is 0.0769. The molecule has 16 heavy (non-hydrogen) atoms. The van der Waals surface area contributed by atoms with E-state index in [0.717, 1.165) is 38.1 Å². The van der Waals surface area contributed by atoms with Crippen molar-refractivity contribution in [1.29, 1.82) is 0 Å². The minimum Gasteiger partial charge on any atom is -0.376 e. The van der Waals surface area contributed by atoms with Gasteiger partial charge < -0.3 is 10.1 Å². The minimum absolute atomic E-state index is 0.191. The smallest absolute Gasteiger partial charge is 0.0786 e. The molecule has 0 aromatic carbocycles. The molecule has 2 unspecified atom stereocenters. The van der Waals surface area contributed by atoms with Crippen LogP contribution in [0.5, 0.6) is 0 Å². The van der Waals surface area contributed by atoms with Crippen LogP contribution in [0.15, 0.2) is 18.6 Å². The molecule has 1 N–H and O–H groups in total. The lowest BCUT2D eigenvalue weighted by Crippen LogP contribution is -2.33. The number of nitrogens with zero attached hydrogens (tertiary/aromatic N) is 2. The van der Waals surface area contributed by atoms with E-state index in [2.05, 4.69) is 22.2 Å². The predicted octanol–water partition coefficient (Wildman–Crippen LogP) is 1.70. The predicted molar refractivity (Wildman–Crippen MR) is 62.0 cm³/mol. The van der Waals surface area contributed by atoms with Crippen molar-refractivity contribution in [2.24, 2.45) is 0 Å². The molecule has 0 aliphatic carbocycles. The van der Waals surface area contributed by atoms with E-state index in [4.69, 9.17) is 4.74 Å². The van der Waals surface area contributed by atoms with E-state index in [0.29, 0.717) is 0 Å². The van der Waals surface area contributed by atoms with Gasteiger partial charge in [-0.3, -0.25) is 9.97 Å². The summed E-state index contributed by atoms with van der Waals surface area (Å²) in [6.45, 7) is 4.02. The van der Waals surface area contributed by atoms with Gasteiger partial charge in [0.1, 0.15) is 0 Å². The SMILES string of the molecule is CCCNC(c1cnccn1)C1CCCO1. The van der Waals surface area contributed by atoms with Gasteiger partial charge in [0.05, 0.1) is 24.0 Å². The van der Waals surface area contributed by atoms with Gasteiger partial charge in [-0.2, -0.15) is 0 Å². The third kappa shape index (κ3) is 2.77. The zero-order valence-corrected chi connectivity index (χ0v) is 9.72. The van der Waals surface area contributed by atoms with Crippen molar-refractivity contribution in [3.05, 3.63) is 24.3 Å². The molecule has 0 amide bonds. The van der Waals surface area contributed by atoms with Crippen LogP contribution < -0.4 is 5.32 Å². The fourth-order valence-corrected chi connectivity index (χ4v) is 2.06. The standard InChI is InChI=1S/C12H19N3O/c1-2-5-15-12(11-4-3-8-16-11)10-9-13-6-7-14-10/h6-7,9,11-12,15H,2-5,8H2,1H3. The van der Waals surface area contributed by atoms with E-state index in [1.807, 2.05) is 6.20 Å². The lowest BCUT2D eigenvalue weighted by Gasteiger charge is -2.23. The van der Waals surface area contributed by atoms with Crippen LogP contribution in [0.3, 0.4) is 0 Å². The minimum atomic E-state index is 0.191. The monoisotopic (exact) mass is 221 g/mol. The van der Waals surface area contributed by atoms with Crippen LogP contribution in [0.2, 0.25) is 0 Å². The van der Waals surface area contributed by atoms with Crippen LogP contribution in [0.25, 0.3) is 0 Å². The van der Waals surface area contributed by atoms with Crippen molar-refractivity contribution < 1.29 is 4.74 Å².